The van der Waals surface area contributed by atoms with Crippen molar-refractivity contribution in [2.24, 2.45) is 13.0 Å². The van der Waals surface area contributed by atoms with Gasteiger partial charge in [-0.3, -0.25) is 4.79 Å². The van der Waals surface area contributed by atoms with Crippen LogP contribution in [-0.2, 0) is 7.05 Å². The third-order valence-corrected chi connectivity index (χ3v) is 8.10. The molecule has 1 saturated carbocycles. The van der Waals surface area contributed by atoms with Crippen LogP contribution in [0.4, 0.5) is 0 Å². The third-order valence-electron chi connectivity index (χ3n) is 7.60. The lowest BCUT2D eigenvalue weighted by Crippen LogP contribution is -2.24. The zero-order valence-corrected chi connectivity index (χ0v) is 23.1. The number of methoxy groups -OCH3 is 1. The van der Waals surface area contributed by atoms with Gasteiger partial charge in [0.05, 0.1) is 12.6 Å². The maximum Gasteiger partial charge on any atom is 0.250 e. The Morgan fingerprint density at radius 3 is 2.57 bits per heavy atom. The molecule has 1 aliphatic carbocycles. The number of ether oxygens (including phenoxy) is 1. The molecule has 1 aliphatic rings. The van der Waals surface area contributed by atoms with Crippen molar-refractivity contribution in [1.29, 1.82) is 0 Å². The highest BCUT2D eigenvalue weighted by molar-refractivity contribution is 9.10. The number of fused-ring (bicyclic) bond motifs is 1. The van der Waals surface area contributed by atoms with Crippen molar-refractivity contribution in [2.45, 2.75) is 56.8 Å². The predicted octanol–water partition coefficient (Wildman–Crippen LogP) is 6.49. The van der Waals surface area contributed by atoms with Crippen LogP contribution in [0.15, 0.2) is 51.9 Å². The summed E-state index contributed by atoms with van der Waals surface area (Å²) < 4.78 is 8.60. The van der Waals surface area contributed by atoms with Crippen LogP contribution in [0.5, 0.6) is 5.88 Å². The molecular formula is C29H38BrN3O2. The van der Waals surface area contributed by atoms with Crippen molar-refractivity contribution in [1.82, 2.24) is 14.5 Å². The van der Waals surface area contributed by atoms with Gasteiger partial charge in [0.25, 0.3) is 5.56 Å². The SMILES string of the molecule is COc1nc2ccc(Br)cc2cc1C(CC1CCCCC1)C(CCN(C)C)c1ccn(C)c(=O)c1. The number of hydrogen-bond acceptors (Lipinski definition) is 4. The van der Waals surface area contributed by atoms with Crippen LogP contribution in [0.2, 0.25) is 0 Å². The van der Waals surface area contributed by atoms with Gasteiger partial charge in [-0.15, -0.1) is 0 Å². The van der Waals surface area contributed by atoms with Gasteiger partial charge in [-0.05, 0) is 87.1 Å². The first-order valence-electron chi connectivity index (χ1n) is 12.8. The minimum Gasteiger partial charge on any atom is -0.481 e. The number of benzene rings is 1. The van der Waals surface area contributed by atoms with Crippen molar-refractivity contribution >= 4 is 26.8 Å². The highest BCUT2D eigenvalue weighted by Gasteiger charge is 2.31. The fraction of sp³-hybridized carbons (Fsp3) is 0.517. The molecular weight excluding hydrogens is 502 g/mol. The normalized spacial score (nSPS) is 16.5. The highest BCUT2D eigenvalue weighted by Crippen LogP contribution is 2.46. The Labute approximate surface area is 217 Å². The minimum absolute atomic E-state index is 0.0429. The minimum atomic E-state index is 0.0429. The van der Waals surface area contributed by atoms with Crippen molar-refractivity contribution in [3.8, 4) is 5.88 Å². The van der Waals surface area contributed by atoms with Gasteiger partial charge in [-0.2, -0.15) is 0 Å². The van der Waals surface area contributed by atoms with E-state index in [0.717, 1.165) is 45.9 Å². The Bertz CT molecular complexity index is 1200. The number of halogens is 1. The molecule has 1 fully saturated rings. The number of aryl methyl sites for hydroxylation is 1. The molecule has 3 aromatic rings. The number of aromatic nitrogens is 2. The lowest BCUT2D eigenvalue weighted by Gasteiger charge is -2.34. The van der Waals surface area contributed by atoms with E-state index in [2.05, 4.69) is 53.1 Å². The Morgan fingerprint density at radius 2 is 1.89 bits per heavy atom. The summed E-state index contributed by atoms with van der Waals surface area (Å²) >= 11 is 3.63. The molecule has 35 heavy (non-hydrogen) atoms. The highest BCUT2D eigenvalue weighted by atomic mass is 79.9. The van der Waals surface area contributed by atoms with Gasteiger partial charge in [-0.1, -0.05) is 48.0 Å². The first-order valence-corrected chi connectivity index (χ1v) is 13.6. The molecule has 0 saturated heterocycles. The second-order valence-corrected chi connectivity index (χ2v) is 11.3. The molecule has 0 radical (unpaired) electrons. The summed E-state index contributed by atoms with van der Waals surface area (Å²) in [5.74, 6) is 1.81. The monoisotopic (exact) mass is 539 g/mol. The Hall–Kier alpha value is -2.18. The van der Waals surface area contributed by atoms with Crippen LogP contribution in [0.1, 0.15) is 67.9 Å². The summed E-state index contributed by atoms with van der Waals surface area (Å²) in [6.07, 6.45) is 10.5. The molecule has 0 spiro atoms. The molecule has 6 heteroatoms. The summed E-state index contributed by atoms with van der Waals surface area (Å²) in [5.41, 5.74) is 3.25. The largest absolute Gasteiger partial charge is 0.481 e. The first kappa shape index (κ1) is 25.9. The van der Waals surface area contributed by atoms with Gasteiger partial charge in [0, 0.05) is 34.7 Å². The standard InChI is InChI=1S/C29H38BrN3O2/c1-32(2)14-13-24(21-12-15-33(3)28(34)19-21)25(16-20-8-6-5-7-9-20)26-18-22-17-23(30)10-11-27(22)31-29(26)35-4/h10-12,15,17-20,24-25H,5-9,13-14,16H2,1-4H3. The summed E-state index contributed by atoms with van der Waals surface area (Å²) in [7, 11) is 7.77. The molecule has 0 aliphatic heterocycles. The van der Waals surface area contributed by atoms with E-state index in [1.165, 1.54) is 32.1 Å². The molecule has 5 nitrogen and oxygen atoms in total. The maximum absolute atomic E-state index is 12.7. The van der Waals surface area contributed by atoms with Crippen LogP contribution in [0, 0.1) is 5.92 Å². The quantitative estimate of drug-likeness (QED) is 0.311. The van der Waals surface area contributed by atoms with E-state index in [1.807, 2.05) is 31.4 Å². The molecule has 2 unspecified atom stereocenters. The van der Waals surface area contributed by atoms with Crippen LogP contribution in [-0.4, -0.2) is 42.2 Å². The molecule has 0 amide bonds. The van der Waals surface area contributed by atoms with Gasteiger partial charge in [0.2, 0.25) is 5.88 Å². The van der Waals surface area contributed by atoms with Gasteiger partial charge in [0.15, 0.2) is 0 Å². The smallest absolute Gasteiger partial charge is 0.250 e. The van der Waals surface area contributed by atoms with Crippen LogP contribution in [0.3, 0.4) is 0 Å². The fourth-order valence-electron chi connectivity index (χ4n) is 5.66. The van der Waals surface area contributed by atoms with Crippen LogP contribution in [0.25, 0.3) is 10.9 Å². The van der Waals surface area contributed by atoms with E-state index in [-0.39, 0.29) is 17.4 Å². The first-order chi connectivity index (χ1) is 16.9. The van der Waals surface area contributed by atoms with Crippen LogP contribution < -0.4 is 10.3 Å². The second-order valence-electron chi connectivity index (χ2n) is 10.4. The van der Waals surface area contributed by atoms with Gasteiger partial charge < -0.3 is 14.2 Å². The summed E-state index contributed by atoms with van der Waals surface area (Å²) in [6.45, 7) is 0.954. The van der Waals surface area contributed by atoms with Crippen molar-refractivity contribution in [2.75, 3.05) is 27.7 Å². The number of nitrogens with zero attached hydrogens (tertiary/aromatic N) is 3. The van der Waals surface area contributed by atoms with Gasteiger partial charge in [-0.25, -0.2) is 4.98 Å². The predicted molar refractivity (Wildman–Crippen MR) is 148 cm³/mol. The number of rotatable bonds is 9. The van der Waals surface area contributed by atoms with Gasteiger partial charge >= 0.3 is 0 Å². The fourth-order valence-corrected chi connectivity index (χ4v) is 6.04. The van der Waals surface area contributed by atoms with Gasteiger partial charge in [0.1, 0.15) is 0 Å². The molecule has 0 bridgehead atoms. The molecule has 1 aromatic carbocycles. The average molecular weight is 541 g/mol. The van der Waals surface area contributed by atoms with E-state index in [1.54, 1.807) is 11.7 Å². The second kappa shape index (κ2) is 11.7. The topological polar surface area (TPSA) is 47.4 Å². The van der Waals surface area contributed by atoms with Crippen molar-refractivity contribution in [3.05, 3.63) is 68.5 Å². The van der Waals surface area contributed by atoms with E-state index in [9.17, 15) is 4.79 Å². The van der Waals surface area contributed by atoms with E-state index in [0.29, 0.717) is 11.8 Å². The summed E-state index contributed by atoms with van der Waals surface area (Å²) in [6, 6.07) is 12.4. The molecule has 4 rings (SSSR count). The maximum atomic E-state index is 12.7. The van der Waals surface area contributed by atoms with E-state index in [4.69, 9.17) is 9.72 Å². The molecule has 2 aromatic heterocycles. The molecule has 188 valence electrons. The number of hydrogen-bond donors (Lipinski definition) is 0. The zero-order chi connectivity index (χ0) is 24.9. The molecule has 0 N–H and O–H groups in total. The third kappa shape index (κ3) is 6.34. The lowest BCUT2D eigenvalue weighted by atomic mass is 9.72. The molecule has 2 heterocycles. The van der Waals surface area contributed by atoms with Crippen molar-refractivity contribution in [3.63, 3.8) is 0 Å². The summed E-state index contributed by atoms with van der Waals surface area (Å²) in [5, 5.41) is 1.11. The Morgan fingerprint density at radius 1 is 1.11 bits per heavy atom. The summed E-state index contributed by atoms with van der Waals surface area (Å²) in [4.78, 5) is 19.8. The Balaban J connectivity index is 1.86. The molecule has 2 atom stereocenters. The zero-order valence-electron chi connectivity index (χ0n) is 21.5. The average Bonchev–Trinajstić information content (AvgIpc) is 2.85. The van der Waals surface area contributed by atoms with E-state index < -0.39 is 0 Å². The Kier molecular flexibility index (Phi) is 8.66. The number of pyridine rings is 2. The van der Waals surface area contributed by atoms with E-state index >= 15 is 0 Å². The lowest BCUT2D eigenvalue weighted by molar-refractivity contribution is 0.282. The van der Waals surface area contributed by atoms with Crippen LogP contribution >= 0.6 is 15.9 Å². The van der Waals surface area contributed by atoms with Crippen molar-refractivity contribution < 1.29 is 4.74 Å².